The van der Waals surface area contributed by atoms with Crippen molar-refractivity contribution in [1.29, 1.82) is 5.26 Å². The first-order valence-corrected chi connectivity index (χ1v) is 18.0. The number of nitrogens with zero attached hydrogens (tertiary/aromatic N) is 5. The summed E-state index contributed by atoms with van der Waals surface area (Å²) in [4.78, 5) is 11.3. The van der Waals surface area contributed by atoms with Crippen molar-refractivity contribution >= 4 is 44.9 Å². The van der Waals surface area contributed by atoms with Gasteiger partial charge in [-0.1, -0.05) is 60.2 Å². The highest BCUT2D eigenvalue weighted by molar-refractivity contribution is 8.00. The van der Waals surface area contributed by atoms with Gasteiger partial charge in [0.25, 0.3) is 5.84 Å². The number of carbonyl (C=O) groups is 1. The molecule has 0 aliphatic carbocycles. The van der Waals surface area contributed by atoms with Gasteiger partial charge in [0.15, 0.2) is 0 Å². The van der Waals surface area contributed by atoms with Gasteiger partial charge in [0.2, 0.25) is 15.9 Å². The maximum absolute atomic E-state index is 13.6. The second-order valence-electron chi connectivity index (χ2n) is 11.2. The van der Waals surface area contributed by atoms with Crippen LogP contribution in [0.4, 0.5) is 11.4 Å². The van der Waals surface area contributed by atoms with Gasteiger partial charge in [-0.15, -0.1) is 27.1 Å². The Balaban J connectivity index is 1.35. The van der Waals surface area contributed by atoms with E-state index in [1.54, 1.807) is 49.2 Å². The lowest BCUT2D eigenvalue weighted by Gasteiger charge is -2.29. The zero-order chi connectivity index (χ0) is 35.7. The van der Waals surface area contributed by atoms with E-state index < -0.39 is 26.7 Å². The fraction of sp³-hybridized carbons (Fsp3) is 0.250. The monoisotopic (exact) mass is 712 g/mol. The van der Waals surface area contributed by atoms with Gasteiger partial charge in [0.05, 0.1) is 30.9 Å². The summed E-state index contributed by atoms with van der Waals surface area (Å²) in [6.07, 6.45) is 0.163. The summed E-state index contributed by atoms with van der Waals surface area (Å²) in [6, 6.07) is 30.3. The topological polar surface area (TPSA) is 155 Å². The van der Waals surface area contributed by atoms with Crippen molar-refractivity contribution in [3.05, 3.63) is 114 Å². The summed E-state index contributed by atoms with van der Waals surface area (Å²) in [5, 5.41) is 22.7. The molecule has 1 N–H and O–H groups in total. The summed E-state index contributed by atoms with van der Waals surface area (Å²) in [5.74, 6) is 0.734. The number of hydrogen-bond donors (Lipinski definition) is 1. The molecule has 0 bridgehead atoms. The van der Waals surface area contributed by atoms with E-state index in [1.807, 2.05) is 49.4 Å². The van der Waals surface area contributed by atoms with E-state index in [4.69, 9.17) is 14.2 Å². The molecule has 1 saturated heterocycles. The number of nitriles is 1. The van der Waals surface area contributed by atoms with Crippen LogP contribution in [-0.2, 0) is 24.5 Å². The Morgan fingerprint density at radius 3 is 2.40 bits per heavy atom. The molecule has 0 spiro atoms. The number of ether oxygens (including phenoxy) is 3. The number of para-hydroxylation sites is 1. The van der Waals surface area contributed by atoms with E-state index in [0.29, 0.717) is 23.6 Å². The number of azo groups is 1. The van der Waals surface area contributed by atoms with Crippen LogP contribution in [0.5, 0.6) is 11.5 Å². The first kappa shape index (κ1) is 36.2. The SMILES string of the molecule is COc1ccc(C2(CCNS(=O)(=O)c3ccc(OC)c(N=N/C(C#N)=N\N(C(C)=O)c4ccccc4)c3)OC(c3ccc(C)cc3)CS2)cc1. The molecule has 1 heterocycles. The Bertz CT molecular complexity index is 2020. The Kier molecular flexibility index (Phi) is 11.7. The van der Waals surface area contributed by atoms with E-state index in [-0.39, 0.29) is 29.0 Å². The average Bonchev–Trinajstić information content (AvgIpc) is 3.57. The van der Waals surface area contributed by atoms with Crippen LogP contribution in [-0.4, -0.2) is 46.7 Å². The molecule has 1 aliphatic heterocycles. The molecule has 4 aromatic carbocycles. The summed E-state index contributed by atoms with van der Waals surface area (Å²) in [6.45, 7) is 3.40. The normalized spacial score (nSPS) is 17.7. The van der Waals surface area contributed by atoms with Crippen LogP contribution in [0, 0.1) is 18.3 Å². The molecule has 5 rings (SSSR count). The summed E-state index contributed by atoms with van der Waals surface area (Å²) < 4.78 is 47.3. The molecule has 0 saturated carbocycles. The number of thioether (sulfide) groups is 1. The molecule has 12 nitrogen and oxygen atoms in total. The molecule has 258 valence electrons. The van der Waals surface area contributed by atoms with Gasteiger partial charge in [-0.2, -0.15) is 10.3 Å². The molecule has 0 aromatic heterocycles. The van der Waals surface area contributed by atoms with Gasteiger partial charge in [-0.05, 0) is 60.5 Å². The number of amidine groups is 1. The van der Waals surface area contributed by atoms with Gasteiger partial charge < -0.3 is 14.2 Å². The number of nitrogens with one attached hydrogen (secondary N) is 1. The van der Waals surface area contributed by atoms with Gasteiger partial charge in [-0.25, -0.2) is 13.1 Å². The highest BCUT2D eigenvalue weighted by atomic mass is 32.2. The van der Waals surface area contributed by atoms with Crippen molar-refractivity contribution in [1.82, 2.24) is 4.72 Å². The number of aryl methyl sites for hydroxylation is 1. The number of rotatable bonds is 12. The molecule has 1 fully saturated rings. The van der Waals surface area contributed by atoms with Crippen LogP contribution >= 0.6 is 11.8 Å². The largest absolute Gasteiger partial charge is 0.497 e. The van der Waals surface area contributed by atoms with Crippen molar-refractivity contribution in [2.45, 2.75) is 36.2 Å². The number of sulfonamides is 1. The average molecular weight is 713 g/mol. The second kappa shape index (κ2) is 16.1. The minimum Gasteiger partial charge on any atom is -0.497 e. The van der Waals surface area contributed by atoms with Crippen LogP contribution < -0.4 is 19.2 Å². The molecule has 2 unspecified atom stereocenters. The van der Waals surface area contributed by atoms with Crippen LogP contribution in [0.1, 0.15) is 36.1 Å². The fourth-order valence-electron chi connectivity index (χ4n) is 5.21. The predicted octanol–water partition coefficient (Wildman–Crippen LogP) is 7.01. The third-order valence-electron chi connectivity index (χ3n) is 7.83. The molecule has 0 radical (unpaired) electrons. The molecular formula is C36H36N6O6S2. The number of hydrogen-bond acceptors (Lipinski definition) is 10. The zero-order valence-electron chi connectivity index (χ0n) is 27.9. The number of carbonyl (C=O) groups excluding carboxylic acids is 1. The highest BCUT2D eigenvalue weighted by Gasteiger charge is 2.43. The number of benzene rings is 4. The number of anilines is 1. The van der Waals surface area contributed by atoms with Gasteiger partial charge in [0, 0.05) is 25.6 Å². The Hall–Kier alpha value is -5.07. The Morgan fingerprint density at radius 1 is 1.04 bits per heavy atom. The maximum Gasteiger partial charge on any atom is 0.270 e. The van der Waals surface area contributed by atoms with Gasteiger partial charge >= 0.3 is 0 Å². The highest BCUT2D eigenvalue weighted by Crippen LogP contribution is 2.52. The summed E-state index contributed by atoms with van der Waals surface area (Å²) in [5.41, 5.74) is 3.57. The first-order chi connectivity index (χ1) is 24.1. The molecule has 14 heteroatoms. The van der Waals surface area contributed by atoms with Crippen LogP contribution in [0.25, 0.3) is 0 Å². The summed E-state index contributed by atoms with van der Waals surface area (Å²) in [7, 11) is -1.04. The minimum atomic E-state index is -4.04. The van der Waals surface area contributed by atoms with Crippen LogP contribution in [0.15, 0.2) is 117 Å². The van der Waals surface area contributed by atoms with Crippen LogP contribution in [0.2, 0.25) is 0 Å². The zero-order valence-corrected chi connectivity index (χ0v) is 29.6. The minimum absolute atomic E-state index is 0.0396. The number of amides is 1. The predicted molar refractivity (Wildman–Crippen MR) is 192 cm³/mol. The fourth-order valence-corrected chi connectivity index (χ4v) is 7.68. The Morgan fingerprint density at radius 2 is 1.76 bits per heavy atom. The molecule has 50 heavy (non-hydrogen) atoms. The number of hydrazone groups is 1. The standard InChI is InChI=1S/C36H36N6O6S2/c1-25-10-12-27(13-11-25)34-24-49-36(48-34,28-14-16-30(46-3)17-15-28)20-21-38-50(44,45)31-18-19-33(47-4)32(22-31)39-40-35(23-37)41-42(26(2)43)29-8-6-5-7-9-29/h5-19,22,34,38H,20-21,24H2,1-4H3/b40-39?,41-35-. The van der Waals surface area contributed by atoms with E-state index >= 15 is 0 Å². The van der Waals surface area contributed by atoms with E-state index in [0.717, 1.165) is 21.7 Å². The first-order valence-electron chi connectivity index (χ1n) is 15.5. The lowest BCUT2D eigenvalue weighted by molar-refractivity contribution is -0.116. The van der Waals surface area contributed by atoms with Crippen LogP contribution in [0.3, 0.4) is 0 Å². The van der Waals surface area contributed by atoms with Crippen molar-refractivity contribution in [2.75, 3.05) is 31.5 Å². The van der Waals surface area contributed by atoms with Gasteiger partial charge in [0.1, 0.15) is 28.2 Å². The lowest BCUT2D eigenvalue weighted by Crippen LogP contribution is -2.31. The van der Waals surface area contributed by atoms with Crippen molar-refractivity contribution in [2.24, 2.45) is 15.3 Å². The molecule has 1 amide bonds. The molecule has 4 aromatic rings. The third kappa shape index (κ3) is 8.55. The molecular weight excluding hydrogens is 677 g/mol. The maximum atomic E-state index is 13.6. The number of methoxy groups -OCH3 is 2. The van der Waals surface area contributed by atoms with Gasteiger partial charge in [-0.3, -0.25) is 4.79 Å². The van der Waals surface area contributed by atoms with E-state index in [1.165, 1.54) is 32.2 Å². The van der Waals surface area contributed by atoms with Crippen molar-refractivity contribution in [3.8, 4) is 17.6 Å². The van der Waals surface area contributed by atoms with Crippen molar-refractivity contribution in [3.63, 3.8) is 0 Å². The second-order valence-corrected chi connectivity index (χ2v) is 14.2. The smallest absolute Gasteiger partial charge is 0.270 e. The lowest BCUT2D eigenvalue weighted by atomic mass is 10.0. The molecule has 2 atom stereocenters. The van der Waals surface area contributed by atoms with E-state index in [9.17, 15) is 18.5 Å². The third-order valence-corrected chi connectivity index (χ3v) is 10.8. The quantitative estimate of drug-likeness (QED) is 0.0712. The van der Waals surface area contributed by atoms with Crippen molar-refractivity contribution < 1.29 is 27.4 Å². The molecule has 1 aliphatic rings. The Labute approximate surface area is 295 Å². The van der Waals surface area contributed by atoms with E-state index in [2.05, 4.69) is 32.2 Å². The summed E-state index contributed by atoms with van der Waals surface area (Å²) >= 11 is 1.63.